The summed E-state index contributed by atoms with van der Waals surface area (Å²) in [7, 11) is -4.36. The average molecular weight is 318 g/mol. The normalized spacial score (nSPS) is 16.1. The van der Waals surface area contributed by atoms with Gasteiger partial charge in [-0.25, -0.2) is 22.3 Å². The highest BCUT2D eigenvalue weighted by atomic mass is 32.2. The fourth-order valence-corrected chi connectivity index (χ4v) is 3.11. The summed E-state index contributed by atoms with van der Waals surface area (Å²) in [5, 5.41) is 7.27. The van der Waals surface area contributed by atoms with Crippen LogP contribution in [0.4, 0.5) is 8.78 Å². The predicted octanol–water partition coefficient (Wildman–Crippen LogP) is 1.53. The maximum Gasteiger partial charge on any atom is 0.257 e. The van der Waals surface area contributed by atoms with Crippen LogP contribution in [0, 0.1) is 17.6 Å². The molecule has 1 amide bonds. The van der Waals surface area contributed by atoms with E-state index in [0.717, 1.165) is 25.7 Å². The summed E-state index contributed by atoms with van der Waals surface area (Å²) in [6, 6.07) is 1.42. The molecule has 2 rings (SSSR count). The number of sulfonamides is 1. The van der Waals surface area contributed by atoms with Crippen LogP contribution in [0.5, 0.6) is 0 Å². The lowest BCUT2D eigenvalue weighted by Crippen LogP contribution is -2.30. The Kier molecular flexibility index (Phi) is 4.58. The molecule has 0 radical (unpaired) electrons. The minimum atomic E-state index is -4.36. The number of nitrogens with two attached hydrogens (primary N) is 1. The fourth-order valence-electron chi connectivity index (χ4n) is 2.50. The molecule has 5 nitrogen and oxygen atoms in total. The first-order chi connectivity index (χ1) is 9.80. The molecule has 1 aliphatic carbocycles. The van der Waals surface area contributed by atoms with Crippen molar-refractivity contribution < 1.29 is 22.0 Å². The lowest BCUT2D eigenvalue weighted by molar-refractivity contribution is 0.0938. The minimum absolute atomic E-state index is 0.293. The van der Waals surface area contributed by atoms with E-state index in [-0.39, 0.29) is 0 Å². The predicted molar refractivity (Wildman–Crippen MR) is 72.0 cm³/mol. The van der Waals surface area contributed by atoms with Crippen LogP contribution in [-0.2, 0) is 10.0 Å². The van der Waals surface area contributed by atoms with Crippen LogP contribution in [0.3, 0.4) is 0 Å². The Hall–Kier alpha value is -1.54. The number of amides is 1. The highest BCUT2D eigenvalue weighted by Gasteiger charge is 2.25. The molecule has 0 heterocycles. The van der Waals surface area contributed by atoms with E-state index in [1.54, 1.807) is 0 Å². The van der Waals surface area contributed by atoms with Crippen molar-refractivity contribution in [2.75, 3.05) is 6.54 Å². The topological polar surface area (TPSA) is 89.3 Å². The minimum Gasteiger partial charge on any atom is -0.352 e. The largest absolute Gasteiger partial charge is 0.352 e. The second-order valence-corrected chi connectivity index (χ2v) is 6.67. The van der Waals surface area contributed by atoms with Crippen LogP contribution in [0.1, 0.15) is 36.0 Å². The summed E-state index contributed by atoms with van der Waals surface area (Å²) in [6.45, 7) is 0.317. The number of halogens is 2. The molecule has 0 saturated heterocycles. The molecule has 3 N–H and O–H groups in total. The Bertz CT molecular complexity index is 656. The third-order valence-corrected chi connectivity index (χ3v) is 4.54. The summed E-state index contributed by atoms with van der Waals surface area (Å²) in [4.78, 5) is 11.0. The number of hydrogen-bond acceptors (Lipinski definition) is 3. The van der Waals surface area contributed by atoms with E-state index in [2.05, 4.69) is 5.32 Å². The maximum absolute atomic E-state index is 14.0. The second-order valence-electron chi connectivity index (χ2n) is 5.14. The Morgan fingerprint density at radius 3 is 2.48 bits per heavy atom. The van der Waals surface area contributed by atoms with Gasteiger partial charge in [0.05, 0.1) is 0 Å². The van der Waals surface area contributed by atoms with Crippen molar-refractivity contribution in [3.05, 3.63) is 29.3 Å². The van der Waals surface area contributed by atoms with Crippen molar-refractivity contribution in [2.45, 2.75) is 30.6 Å². The molecule has 0 aromatic heterocycles. The molecular formula is C13H16F2N2O3S. The number of hydrogen-bond donors (Lipinski definition) is 2. The van der Waals surface area contributed by atoms with Gasteiger partial charge in [0, 0.05) is 6.54 Å². The van der Waals surface area contributed by atoms with Crippen LogP contribution in [0.15, 0.2) is 17.0 Å². The van der Waals surface area contributed by atoms with Crippen molar-refractivity contribution in [1.29, 1.82) is 0 Å². The van der Waals surface area contributed by atoms with Gasteiger partial charge in [-0.3, -0.25) is 4.79 Å². The van der Waals surface area contributed by atoms with E-state index in [1.807, 2.05) is 0 Å². The molecule has 1 aromatic rings. The van der Waals surface area contributed by atoms with Gasteiger partial charge in [0.1, 0.15) is 16.3 Å². The van der Waals surface area contributed by atoms with Gasteiger partial charge >= 0.3 is 0 Å². The van der Waals surface area contributed by atoms with Crippen molar-refractivity contribution in [3.8, 4) is 0 Å². The van der Waals surface area contributed by atoms with Gasteiger partial charge in [0.25, 0.3) is 5.91 Å². The van der Waals surface area contributed by atoms with Crippen molar-refractivity contribution >= 4 is 15.9 Å². The average Bonchev–Trinajstić information content (AvgIpc) is 2.87. The lowest BCUT2D eigenvalue weighted by atomic mass is 10.1. The van der Waals surface area contributed by atoms with Gasteiger partial charge in [0.15, 0.2) is 5.82 Å². The third-order valence-electron chi connectivity index (χ3n) is 3.62. The van der Waals surface area contributed by atoms with Crippen LogP contribution < -0.4 is 10.5 Å². The number of rotatable bonds is 4. The number of primary sulfonamides is 1. The zero-order chi connectivity index (χ0) is 15.6. The molecule has 1 fully saturated rings. The maximum atomic E-state index is 14.0. The zero-order valence-corrected chi connectivity index (χ0v) is 12.1. The van der Waals surface area contributed by atoms with Gasteiger partial charge in [-0.15, -0.1) is 0 Å². The van der Waals surface area contributed by atoms with Crippen LogP contribution in [0.2, 0.25) is 0 Å². The lowest BCUT2D eigenvalue weighted by Gasteiger charge is -2.12. The third kappa shape index (κ3) is 3.56. The highest BCUT2D eigenvalue weighted by molar-refractivity contribution is 7.89. The first-order valence-electron chi connectivity index (χ1n) is 6.59. The summed E-state index contributed by atoms with van der Waals surface area (Å²) < 4.78 is 50.0. The van der Waals surface area contributed by atoms with Crippen molar-refractivity contribution in [3.63, 3.8) is 0 Å². The van der Waals surface area contributed by atoms with Crippen LogP contribution in [-0.4, -0.2) is 20.9 Å². The molecule has 0 atom stereocenters. The van der Waals surface area contributed by atoms with E-state index in [0.29, 0.717) is 24.6 Å². The number of benzene rings is 1. The number of carbonyl (C=O) groups excluding carboxylic acids is 1. The molecule has 1 aromatic carbocycles. The number of carbonyl (C=O) groups is 1. The van der Waals surface area contributed by atoms with Gasteiger partial charge in [-0.05, 0) is 30.9 Å². The van der Waals surface area contributed by atoms with E-state index >= 15 is 0 Å². The van der Waals surface area contributed by atoms with Crippen LogP contribution >= 0.6 is 0 Å². The first-order valence-corrected chi connectivity index (χ1v) is 8.14. The first kappa shape index (κ1) is 15.8. The summed E-state index contributed by atoms with van der Waals surface area (Å²) in [6.07, 6.45) is 4.07. The highest BCUT2D eigenvalue weighted by Crippen LogP contribution is 2.24. The monoisotopic (exact) mass is 318 g/mol. The van der Waals surface area contributed by atoms with E-state index in [1.165, 1.54) is 0 Å². The molecule has 21 heavy (non-hydrogen) atoms. The smallest absolute Gasteiger partial charge is 0.257 e. The van der Waals surface area contributed by atoms with Gasteiger partial charge in [0.2, 0.25) is 10.0 Å². The molecule has 0 unspecified atom stereocenters. The van der Waals surface area contributed by atoms with E-state index in [4.69, 9.17) is 5.14 Å². The van der Waals surface area contributed by atoms with E-state index < -0.39 is 38.0 Å². The Morgan fingerprint density at radius 1 is 1.29 bits per heavy atom. The molecule has 8 heteroatoms. The quantitative estimate of drug-likeness (QED) is 0.882. The summed E-state index contributed by atoms with van der Waals surface area (Å²) in [5.41, 5.74) is -0.917. The van der Waals surface area contributed by atoms with Gasteiger partial charge in [-0.1, -0.05) is 12.8 Å². The van der Waals surface area contributed by atoms with Gasteiger partial charge < -0.3 is 5.32 Å². The molecule has 0 bridgehead atoms. The van der Waals surface area contributed by atoms with Crippen molar-refractivity contribution in [1.82, 2.24) is 5.32 Å². The molecule has 1 saturated carbocycles. The Morgan fingerprint density at radius 2 is 1.90 bits per heavy atom. The molecule has 0 aliphatic heterocycles. The molecule has 0 spiro atoms. The standard InChI is InChI=1S/C13H16F2N2O3S/c14-9-5-6-10(21(16,19)20)12(15)11(9)13(18)17-7-8-3-1-2-4-8/h5-6,8H,1-4,7H2,(H,17,18)(H2,16,19,20). The van der Waals surface area contributed by atoms with Gasteiger partial charge in [-0.2, -0.15) is 0 Å². The second kappa shape index (κ2) is 6.07. The van der Waals surface area contributed by atoms with Crippen molar-refractivity contribution in [2.24, 2.45) is 11.1 Å². The van der Waals surface area contributed by atoms with Crippen LogP contribution in [0.25, 0.3) is 0 Å². The fraction of sp³-hybridized carbons (Fsp3) is 0.462. The molecule has 1 aliphatic rings. The summed E-state index contributed by atoms with van der Waals surface area (Å²) in [5.74, 6) is -3.26. The summed E-state index contributed by atoms with van der Waals surface area (Å²) >= 11 is 0. The zero-order valence-electron chi connectivity index (χ0n) is 11.2. The Labute approximate surface area is 121 Å². The number of nitrogens with one attached hydrogen (secondary N) is 1. The molecular weight excluding hydrogens is 302 g/mol. The SMILES string of the molecule is NS(=O)(=O)c1ccc(F)c(C(=O)NCC2CCCC2)c1F. The molecule has 116 valence electrons. The Balaban J connectivity index is 2.23. The van der Waals surface area contributed by atoms with E-state index in [9.17, 15) is 22.0 Å².